The predicted molar refractivity (Wildman–Crippen MR) is 73.6 cm³/mol. The largest absolute Gasteiger partial charge is 0.374 e. The maximum Gasteiger partial charge on any atom is 0.0396 e. The van der Waals surface area contributed by atoms with Crippen LogP contribution in [0.25, 0.3) is 0 Å². The monoisotopic (exact) mass is 229 g/mol. The van der Waals surface area contributed by atoms with Gasteiger partial charge in [0.25, 0.3) is 0 Å². The summed E-state index contributed by atoms with van der Waals surface area (Å²) in [7, 11) is 2.27. The van der Waals surface area contributed by atoms with E-state index in [1.165, 1.54) is 57.2 Å². The molecule has 1 spiro atoms. The number of rotatable bonds is 0. The number of hydrogen-bond donors (Lipinski definition) is 0. The van der Waals surface area contributed by atoms with Gasteiger partial charge >= 0.3 is 0 Å². The van der Waals surface area contributed by atoms with Crippen molar-refractivity contribution >= 4 is 5.69 Å². The normalized spacial score (nSPS) is 23.2. The number of hydrogen-bond acceptors (Lipinski definition) is 1. The lowest BCUT2D eigenvalue weighted by Crippen LogP contribution is -2.41. The van der Waals surface area contributed by atoms with Crippen LogP contribution in [-0.4, -0.2) is 13.6 Å². The zero-order valence-corrected chi connectivity index (χ0v) is 10.9. The average Bonchev–Trinajstić information content (AvgIpc) is 2.55. The molecule has 1 aliphatic carbocycles. The van der Waals surface area contributed by atoms with E-state index in [9.17, 15) is 0 Å². The molecular formula is C16H23N. The second kappa shape index (κ2) is 4.36. The van der Waals surface area contributed by atoms with Crippen LogP contribution in [0.1, 0.15) is 44.1 Å². The van der Waals surface area contributed by atoms with Crippen molar-refractivity contribution in [1.29, 1.82) is 0 Å². The Morgan fingerprint density at radius 3 is 2.47 bits per heavy atom. The Morgan fingerprint density at radius 1 is 1.00 bits per heavy atom. The fourth-order valence-corrected chi connectivity index (χ4v) is 3.89. The van der Waals surface area contributed by atoms with E-state index in [2.05, 4.69) is 36.2 Å². The van der Waals surface area contributed by atoms with E-state index in [4.69, 9.17) is 0 Å². The molecule has 1 heteroatoms. The predicted octanol–water partition coefficient (Wildman–Crippen LogP) is 4.02. The fourth-order valence-electron chi connectivity index (χ4n) is 3.89. The van der Waals surface area contributed by atoms with Crippen molar-refractivity contribution < 1.29 is 0 Å². The van der Waals surface area contributed by atoms with E-state index in [-0.39, 0.29) is 0 Å². The maximum atomic E-state index is 2.49. The molecule has 0 amide bonds. The molecule has 1 fully saturated rings. The van der Waals surface area contributed by atoms with Crippen LogP contribution in [0.2, 0.25) is 0 Å². The molecule has 92 valence electrons. The van der Waals surface area contributed by atoms with Crippen molar-refractivity contribution in [2.45, 2.75) is 44.9 Å². The van der Waals surface area contributed by atoms with Crippen molar-refractivity contribution in [3.63, 3.8) is 0 Å². The number of para-hydroxylation sites is 1. The first-order valence-corrected chi connectivity index (χ1v) is 7.08. The highest BCUT2D eigenvalue weighted by atomic mass is 15.1. The van der Waals surface area contributed by atoms with Crippen molar-refractivity contribution in [3.05, 3.63) is 29.8 Å². The van der Waals surface area contributed by atoms with Crippen LogP contribution in [0.15, 0.2) is 24.3 Å². The van der Waals surface area contributed by atoms with Crippen LogP contribution < -0.4 is 4.90 Å². The van der Waals surface area contributed by atoms with E-state index in [1.807, 2.05) is 0 Å². The van der Waals surface area contributed by atoms with E-state index in [0.717, 1.165) is 0 Å². The third-order valence-electron chi connectivity index (χ3n) is 4.71. The van der Waals surface area contributed by atoms with Gasteiger partial charge in [0.15, 0.2) is 0 Å². The molecule has 2 aliphatic rings. The summed E-state index contributed by atoms with van der Waals surface area (Å²) in [4.78, 5) is 2.49. The van der Waals surface area contributed by atoms with E-state index >= 15 is 0 Å². The summed E-state index contributed by atoms with van der Waals surface area (Å²) in [5, 5.41) is 0. The highest BCUT2D eigenvalue weighted by molar-refractivity contribution is 5.55. The number of nitrogens with zero attached hydrogens (tertiary/aromatic N) is 1. The summed E-state index contributed by atoms with van der Waals surface area (Å²) in [6.07, 6.45) is 9.97. The van der Waals surface area contributed by atoms with Gasteiger partial charge in [-0.15, -0.1) is 0 Å². The van der Waals surface area contributed by atoms with Crippen LogP contribution in [-0.2, 0) is 6.42 Å². The molecule has 0 atom stereocenters. The SMILES string of the molecule is CN1CC2(CCCCCC2)Cc2ccccc21. The molecule has 0 bridgehead atoms. The molecule has 17 heavy (non-hydrogen) atoms. The van der Waals surface area contributed by atoms with Crippen LogP contribution >= 0.6 is 0 Å². The highest BCUT2D eigenvalue weighted by Gasteiger charge is 2.36. The van der Waals surface area contributed by atoms with Gasteiger partial charge < -0.3 is 4.90 Å². The molecule has 1 saturated carbocycles. The van der Waals surface area contributed by atoms with Crippen molar-refractivity contribution in [1.82, 2.24) is 0 Å². The molecule has 0 unspecified atom stereocenters. The minimum atomic E-state index is 0.583. The Balaban J connectivity index is 1.91. The van der Waals surface area contributed by atoms with E-state index in [1.54, 1.807) is 5.56 Å². The van der Waals surface area contributed by atoms with Gasteiger partial charge in [0.05, 0.1) is 0 Å². The minimum absolute atomic E-state index is 0.583. The van der Waals surface area contributed by atoms with Crippen molar-refractivity contribution in [3.8, 4) is 0 Å². The van der Waals surface area contributed by atoms with Crippen molar-refractivity contribution in [2.75, 3.05) is 18.5 Å². The molecule has 0 radical (unpaired) electrons. The maximum absolute atomic E-state index is 2.49. The highest BCUT2D eigenvalue weighted by Crippen LogP contribution is 2.44. The van der Waals surface area contributed by atoms with Gasteiger partial charge in [-0.1, -0.05) is 43.9 Å². The topological polar surface area (TPSA) is 3.24 Å². The molecule has 1 nitrogen and oxygen atoms in total. The standard InChI is InChI=1S/C16H23N/c1-17-13-16(10-6-2-3-7-11-16)12-14-8-4-5-9-15(14)17/h4-5,8-9H,2-3,6-7,10-13H2,1H3. The van der Waals surface area contributed by atoms with Gasteiger partial charge in [-0.05, 0) is 36.3 Å². The minimum Gasteiger partial charge on any atom is -0.374 e. The summed E-state index contributed by atoms with van der Waals surface area (Å²) in [5.74, 6) is 0. The van der Waals surface area contributed by atoms with Crippen LogP contribution in [0.5, 0.6) is 0 Å². The lowest BCUT2D eigenvalue weighted by Gasteiger charge is -2.43. The Labute approximate surface area is 105 Å². The molecule has 3 rings (SSSR count). The zero-order chi connectivity index (χ0) is 11.7. The summed E-state index contributed by atoms with van der Waals surface area (Å²) >= 11 is 0. The summed E-state index contributed by atoms with van der Waals surface area (Å²) in [6.45, 7) is 1.27. The molecule has 1 aromatic carbocycles. The summed E-state index contributed by atoms with van der Waals surface area (Å²) in [5.41, 5.74) is 3.62. The molecular weight excluding hydrogens is 206 g/mol. The van der Waals surface area contributed by atoms with Crippen molar-refractivity contribution in [2.24, 2.45) is 5.41 Å². The van der Waals surface area contributed by atoms with Crippen LogP contribution in [0.3, 0.4) is 0 Å². The van der Waals surface area contributed by atoms with Gasteiger partial charge in [-0.3, -0.25) is 0 Å². The van der Waals surface area contributed by atoms with Gasteiger partial charge in [0, 0.05) is 19.3 Å². The summed E-state index contributed by atoms with van der Waals surface area (Å²) in [6, 6.07) is 8.97. The molecule has 0 saturated heterocycles. The average molecular weight is 229 g/mol. The zero-order valence-electron chi connectivity index (χ0n) is 10.9. The molecule has 0 N–H and O–H groups in total. The lowest BCUT2D eigenvalue weighted by molar-refractivity contribution is 0.240. The Hall–Kier alpha value is -0.980. The van der Waals surface area contributed by atoms with E-state index < -0.39 is 0 Å². The quantitative estimate of drug-likeness (QED) is 0.649. The van der Waals surface area contributed by atoms with Crippen LogP contribution in [0, 0.1) is 5.41 Å². The molecule has 1 heterocycles. The molecule has 1 aromatic rings. The summed E-state index contributed by atoms with van der Waals surface area (Å²) < 4.78 is 0. The number of anilines is 1. The number of benzene rings is 1. The third-order valence-corrected chi connectivity index (χ3v) is 4.71. The first-order chi connectivity index (χ1) is 8.29. The van der Waals surface area contributed by atoms with Gasteiger partial charge in [-0.25, -0.2) is 0 Å². The lowest BCUT2D eigenvalue weighted by atomic mass is 9.72. The fraction of sp³-hybridized carbons (Fsp3) is 0.625. The van der Waals surface area contributed by atoms with Gasteiger partial charge in [0.1, 0.15) is 0 Å². The third kappa shape index (κ3) is 2.08. The second-order valence-electron chi connectivity index (χ2n) is 6.08. The molecule has 1 aliphatic heterocycles. The second-order valence-corrected chi connectivity index (χ2v) is 6.08. The van der Waals surface area contributed by atoms with E-state index in [0.29, 0.717) is 5.41 Å². The van der Waals surface area contributed by atoms with Gasteiger partial charge in [0.2, 0.25) is 0 Å². The Kier molecular flexibility index (Phi) is 2.85. The Morgan fingerprint density at radius 2 is 1.71 bits per heavy atom. The first kappa shape index (κ1) is 11.1. The number of fused-ring (bicyclic) bond motifs is 1. The Bertz CT molecular complexity index is 388. The smallest absolute Gasteiger partial charge is 0.0396 e. The van der Waals surface area contributed by atoms with Gasteiger partial charge in [-0.2, -0.15) is 0 Å². The molecule has 0 aromatic heterocycles. The van der Waals surface area contributed by atoms with Crippen LogP contribution in [0.4, 0.5) is 5.69 Å². The first-order valence-electron chi connectivity index (χ1n) is 7.08.